The number of hydrogen-bond donors (Lipinski definition) is 1. The minimum Gasteiger partial charge on any atom is -0.507 e. The molecule has 2 aromatic carbocycles. The number of aromatic hydroxyl groups is 1. The summed E-state index contributed by atoms with van der Waals surface area (Å²) in [6.07, 6.45) is 1.01. The van der Waals surface area contributed by atoms with Crippen molar-refractivity contribution in [1.29, 1.82) is 0 Å². The lowest BCUT2D eigenvalue weighted by atomic mass is 9.90. The predicted molar refractivity (Wildman–Crippen MR) is 95.2 cm³/mol. The Bertz CT molecular complexity index is 799. The smallest absolute Gasteiger partial charge is 0.349 e. The molecule has 0 spiro atoms. The number of phenols is 1. The summed E-state index contributed by atoms with van der Waals surface area (Å²) in [6, 6.07) is 7.84. The molecule has 2 aromatic rings. The van der Waals surface area contributed by atoms with Crippen molar-refractivity contribution in [2.24, 2.45) is 0 Å². The number of phenolic OH excluding ortho intramolecular Hbond substituents is 1. The number of carbonyl (C=O) groups excluding carboxylic acids is 1. The van der Waals surface area contributed by atoms with Gasteiger partial charge in [-0.25, -0.2) is 4.79 Å². The van der Waals surface area contributed by atoms with Crippen LogP contribution in [-0.2, 0) is 16.5 Å². The number of ether oxygens (including phenoxy) is 2. The summed E-state index contributed by atoms with van der Waals surface area (Å²) >= 11 is 5.20. The maximum absolute atomic E-state index is 14.0. The second-order valence-electron chi connectivity index (χ2n) is 5.64. The zero-order valence-corrected chi connectivity index (χ0v) is 15.4. The molecule has 0 amide bonds. The molecule has 26 heavy (non-hydrogen) atoms. The topological polar surface area (TPSA) is 55.8 Å². The molecule has 0 unspecified atom stereocenters. The van der Waals surface area contributed by atoms with Gasteiger partial charge in [0.2, 0.25) is 0 Å². The van der Waals surface area contributed by atoms with E-state index in [0.717, 1.165) is 13.2 Å². The summed E-state index contributed by atoms with van der Waals surface area (Å²) in [4.78, 5) is 12.0. The molecule has 140 valence electrons. The van der Waals surface area contributed by atoms with Crippen molar-refractivity contribution >= 4 is 17.6 Å². The van der Waals surface area contributed by atoms with Crippen LogP contribution in [0.5, 0.6) is 11.5 Å². The lowest BCUT2D eigenvalue weighted by Gasteiger charge is -2.20. The Morgan fingerprint density at radius 1 is 1.23 bits per heavy atom. The molecule has 0 aromatic heterocycles. The predicted octanol–water partition coefficient (Wildman–Crippen LogP) is 5.10. The maximum atomic E-state index is 14.0. The van der Waals surface area contributed by atoms with E-state index in [1.807, 2.05) is 6.92 Å². The van der Waals surface area contributed by atoms with E-state index in [9.17, 15) is 18.7 Å². The standard InChI is InChI=1S/C19H19ClF2O4/c1-4-5-13-14(11-6-8-12(25-2)9-7-11)10-15(19(20,21)22)16(17(13)23)18(24)26-3/h6-10,23H,4-5H2,1-3H3. The molecule has 0 saturated carbocycles. The second kappa shape index (κ2) is 7.91. The Kier molecular flexibility index (Phi) is 6.08. The van der Waals surface area contributed by atoms with Gasteiger partial charge in [0.15, 0.2) is 0 Å². The number of benzene rings is 2. The summed E-state index contributed by atoms with van der Waals surface area (Å²) in [5.41, 5.74) is -0.0803. The van der Waals surface area contributed by atoms with Gasteiger partial charge in [0.1, 0.15) is 17.1 Å². The second-order valence-corrected chi connectivity index (χ2v) is 6.12. The van der Waals surface area contributed by atoms with Crippen molar-refractivity contribution in [3.05, 3.63) is 47.0 Å². The van der Waals surface area contributed by atoms with Crippen molar-refractivity contribution in [3.63, 3.8) is 0 Å². The Balaban J connectivity index is 2.81. The van der Waals surface area contributed by atoms with E-state index >= 15 is 0 Å². The molecule has 0 aliphatic heterocycles. The normalized spacial score (nSPS) is 11.3. The first-order chi connectivity index (χ1) is 12.2. The van der Waals surface area contributed by atoms with E-state index in [1.165, 1.54) is 7.11 Å². The van der Waals surface area contributed by atoms with Gasteiger partial charge in [-0.05, 0) is 47.3 Å². The summed E-state index contributed by atoms with van der Waals surface area (Å²) in [7, 11) is 2.56. The fourth-order valence-electron chi connectivity index (χ4n) is 2.77. The molecule has 4 nitrogen and oxygen atoms in total. The summed E-state index contributed by atoms with van der Waals surface area (Å²) < 4.78 is 37.6. The van der Waals surface area contributed by atoms with Crippen LogP contribution in [0.25, 0.3) is 11.1 Å². The van der Waals surface area contributed by atoms with Gasteiger partial charge < -0.3 is 14.6 Å². The number of methoxy groups -OCH3 is 2. The highest BCUT2D eigenvalue weighted by Crippen LogP contribution is 2.44. The van der Waals surface area contributed by atoms with Crippen molar-refractivity contribution in [1.82, 2.24) is 0 Å². The van der Waals surface area contributed by atoms with Crippen LogP contribution in [-0.4, -0.2) is 25.3 Å². The highest BCUT2D eigenvalue weighted by Gasteiger charge is 2.37. The number of alkyl halides is 3. The van der Waals surface area contributed by atoms with Gasteiger partial charge in [-0.1, -0.05) is 25.5 Å². The van der Waals surface area contributed by atoms with Gasteiger partial charge in [-0.15, -0.1) is 0 Å². The average molecular weight is 385 g/mol. The molecule has 0 aliphatic rings. The minimum absolute atomic E-state index is 0.370. The molecular weight excluding hydrogens is 366 g/mol. The monoisotopic (exact) mass is 384 g/mol. The van der Waals surface area contributed by atoms with Gasteiger partial charge in [0.05, 0.1) is 19.8 Å². The van der Waals surface area contributed by atoms with E-state index in [1.54, 1.807) is 24.3 Å². The lowest BCUT2D eigenvalue weighted by Crippen LogP contribution is -2.15. The van der Waals surface area contributed by atoms with Crippen LogP contribution in [0.4, 0.5) is 8.78 Å². The van der Waals surface area contributed by atoms with Crippen LogP contribution in [0, 0.1) is 0 Å². The van der Waals surface area contributed by atoms with Crippen molar-refractivity contribution in [3.8, 4) is 22.6 Å². The zero-order valence-electron chi connectivity index (χ0n) is 14.6. The van der Waals surface area contributed by atoms with E-state index in [2.05, 4.69) is 4.74 Å². The van der Waals surface area contributed by atoms with Gasteiger partial charge in [0.25, 0.3) is 0 Å². The molecule has 0 radical (unpaired) electrons. The van der Waals surface area contributed by atoms with Crippen LogP contribution >= 0.6 is 11.6 Å². The van der Waals surface area contributed by atoms with E-state index in [4.69, 9.17) is 16.3 Å². The Hall–Kier alpha value is -2.34. The SMILES string of the molecule is CCCc1c(-c2ccc(OC)cc2)cc(C(F)(F)Cl)c(C(=O)OC)c1O. The number of carbonyl (C=O) groups is 1. The van der Waals surface area contributed by atoms with Crippen LogP contribution < -0.4 is 4.74 Å². The Labute approximate surface area is 155 Å². The summed E-state index contributed by atoms with van der Waals surface area (Å²) in [5.74, 6) is -1.01. The largest absolute Gasteiger partial charge is 0.507 e. The molecule has 2 rings (SSSR count). The van der Waals surface area contributed by atoms with Crippen LogP contribution in [0.3, 0.4) is 0 Å². The van der Waals surface area contributed by atoms with Crippen LogP contribution in [0.2, 0.25) is 0 Å². The molecule has 0 saturated heterocycles. The van der Waals surface area contributed by atoms with Gasteiger partial charge in [-0.3, -0.25) is 0 Å². The third-order valence-corrected chi connectivity index (χ3v) is 4.21. The first-order valence-electron chi connectivity index (χ1n) is 7.93. The third-order valence-electron chi connectivity index (χ3n) is 4.00. The summed E-state index contributed by atoms with van der Waals surface area (Å²) in [6.45, 7) is 1.87. The Morgan fingerprint density at radius 2 is 1.85 bits per heavy atom. The molecule has 0 aliphatic carbocycles. The number of esters is 1. The molecule has 0 atom stereocenters. The maximum Gasteiger partial charge on any atom is 0.349 e. The lowest BCUT2D eigenvalue weighted by molar-refractivity contribution is 0.0566. The van der Waals surface area contributed by atoms with Crippen molar-refractivity contribution in [2.75, 3.05) is 14.2 Å². The molecule has 0 heterocycles. The molecule has 0 bridgehead atoms. The van der Waals surface area contributed by atoms with Gasteiger partial charge >= 0.3 is 11.4 Å². The third kappa shape index (κ3) is 3.90. The highest BCUT2D eigenvalue weighted by molar-refractivity contribution is 6.22. The number of rotatable bonds is 6. The zero-order chi connectivity index (χ0) is 19.5. The number of hydrogen-bond acceptors (Lipinski definition) is 4. The fourth-order valence-corrected chi connectivity index (χ4v) is 2.92. The molecule has 7 heteroatoms. The van der Waals surface area contributed by atoms with Crippen LogP contribution in [0.1, 0.15) is 34.8 Å². The van der Waals surface area contributed by atoms with E-state index in [0.29, 0.717) is 35.3 Å². The highest BCUT2D eigenvalue weighted by atomic mass is 35.5. The molecule has 1 N–H and O–H groups in total. The average Bonchev–Trinajstić information content (AvgIpc) is 2.61. The van der Waals surface area contributed by atoms with Crippen LogP contribution in [0.15, 0.2) is 30.3 Å². The Morgan fingerprint density at radius 3 is 2.31 bits per heavy atom. The van der Waals surface area contributed by atoms with Gasteiger partial charge in [-0.2, -0.15) is 8.78 Å². The molecule has 0 fully saturated rings. The van der Waals surface area contributed by atoms with Gasteiger partial charge in [0, 0.05) is 5.56 Å². The van der Waals surface area contributed by atoms with E-state index in [-0.39, 0.29) is 0 Å². The van der Waals surface area contributed by atoms with E-state index < -0.39 is 28.2 Å². The van der Waals surface area contributed by atoms with Crippen molar-refractivity contribution < 1.29 is 28.2 Å². The first kappa shape index (κ1) is 20.0. The quantitative estimate of drug-likeness (QED) is 0.556. The summed E-state index contributed by atoms with van der Waals surface area (Å²) in [5, 5.41) is 6.74. The first-order valence-corrected chi connectivity index (χ1v) is 8.31. The minimum atomic E-state index is -3.85. The fraction of sp³-hybridized carbons (Fsp3) is 0.316. The van der Waals surface area contributed by atoms with Crippen molar-refractivity contribution in [2.45, 2.75) is 25.1 Å². The molecular formula is C19H19ClF2O4. The number of halogens is 3.